The van der Waals surface area contributed by atoms with Crippen LogP contribution in [0.4, 0.5) is 5.82 Å². The second-order valence-electron chi connectivity index (χ2n) is 4.33. The molecule has 2 aromatic heterocycles. The summed E-state index contributed by atoms with van der Waals surface area (Å²) in [6.07, 6.45) is 0. The highest BCUT2D eigenvalue weighted by atomic mass is 79.9. The van der Waals surface area contributed by atoms with Crippen molar-refractivity contribution in [2.75, 3.05) is 11.9 Å². The fraction of sp³-hybridized carbons (Fsp3) is 0.231. The second kappa shape index (κ2) is 5.98. The summed E-state index contributed by atoms with van der Waals surface area (Å²) in [5.41, 5.74) is 8.71. The zero-order valence-electron chi connectivity index (χ0n) is 10.7. The van der Waals surface area contributed by atoms with Crippen LogP contribution in [0.15, 0.2) is 27.4 Å². The van der Waals surface area contributed by atoms with Crippen molar-refractivity contribution in [1.82, 2.24) is 4.98 Å². The van der Waals surface area contributed by atoms with E-state index in [1.807, 2.05) is 26.1 Å². The van der Waals surface area contributed by atoms with E-state index in [0.29, 0.717) is 4.99 Å². The summed E-state index contributed by atoms with van der Waals surface area (Å²) < 4.78 is 1.14. The number of aromatic nitrogens is 1. The van der Waals surface area contributed by atoms with Crippen LogP contribution >= 0.6 is 39.5 Å². The van der Waals surface area contributed by atoms with Gasteiger partial charge in [-0.1, -0.05) is 12.2 Å². The van der Waals surface area contributed by atoms with Gasteiger partial charge in [-0.2, -0.15) is 0 Å². The molecule has 100 valence electrons. The molecular formula is C13H14BrN3S2. The molecular weight excluding hydrogens is 342 g/mol. The predicted molar refractivity (Wildman–Crippen MR) is 89.0 cm³/mol. The standard InChI is InChI=1S/C13H14BrN3S2/c1-8-3-10(13(15)18)5-12(16-8)17(2)6-9-4-11(14)19-7-9/h3-5,7H,6H2,1-2H3,(H2,15,18). The number of hydrogen-bond donors (Lipinski definition) is 1. The first-order chi connectivity index (χ1) is 8.95. The maximum Gasteiger partial charge on any atom is 0.129 e. The smallest absolute Gasteiger partial charge is 0.129 e. The van der Waals surface area contributed by atoms with Crippen molar-refractivity contribution >= 4 is 50.3 Å². The molecule has 0 fully saturated rings. The molecule has 2 N–H and O–H groups in total. The molecule has 0 aliphatic heterocycles. The third kappa shape index (κ3) is 3.75. The van der Waals surface area contributed by atoms with Crippen molar-refractivity contribution in [2.24, 2.45) is 5.73 Å². The molecule has 6 heteroatoms. The number of aryl methyl sites for hydroxylation is 1. The number of nitrogens with zero attached hydrogens (tertiary/aromatic N) is 2. The highest BCUT2D eigenvalue weighted by molar-refractivity contribution is 9.11. The summed E-state index contributed by atoms with van der Waals surface area (Å²) >= 11 is 10.2. The maximum absolute atomic E-state index is 5.69. The van der Waals surface area contributed by atoms with E-state index < -0.39 is 0 Å². The van der Waals surface area contributed by atoms with Gasteiger partial charge in [0, 0.05) is 24.8 Å². The van der Waals surface area contributed by atoms with Gasteiger partial charge in [0.1, 0.15) is 10.8 Å². The largest absolute Gasteiger partial charge is 0.389 e. The van der Waals surface area contributed by atoms with Gasteiger partial charge >= 0.3 is 0 Å². The Balaban J connectivity index is 2.23. The monoisotopic (exact) mass is 355 g/mol. The van der Waals surface area contributed by atoms with E-state index in [-0.39, 0.29) is 0 Å². The lowest BCUT2D eigenvalue weighted by Gasteiger charge is -2.18. The van der Waals surface area contributed by atoms with Gasteiger partial charge in [-0.15, -0.1) is 11.3 Å². The minimum atomic E-state index is 0.401. The van der Waals surface area contributed by atoms with E-state index in [1.54, 1.807) is 11.3 Å². The lowest BCUT2D eigenvalue weighted by Crippen LogP contribution is -2.19. The molecule has 0 amide bonds. The number of rotatable bonds is 4. The molecule has 0 bridgehead atoms. The lowest BCUT2D eigenvalue weighted by molar-refractivity contribution is 0.895. The fourth-order valence-electron chi connectivity index (χ4n) is 1.77. The van der Waals surface area contributed by atoms with Crippen LogP contribution in [0.1, 0.15) is 16.8 Å². The van der Waals surface area contributed by atoms with Crippen LogP contribution in [0.5, 0.6) is 0 Å². The van der Waals surface area contributed by atoms with Gasteiger partial charge in [0.25, 0.3) is 0 Å². The number of pyridine rings is 1. The molecule has 0 unspecified atom stereocenters. The summed E-state index contributed by atoms with van der Waals surface area (Å²) in [4.78, 5) is 7.01. The van der Waals surface area contributed by atoms with Crippen molar-refractivity contribution in [3.8, 4) is 0 Å². The van der Waals surface area contributed by atoms with E-state index in [9.17, 15) is 0 Å². The Kier molecular flexibility index (Phi) is 4.54. The molecule has 3 nitrogen and oxygen atoms in total. The third-order valence-electron chi connectivity index (χ3n) is 2.66. The summed E-state index contributed by atoms with van der Waals surface area (Å²) in [5.74, 6) is 0.880. The summed E-state index contributed by atoms with van der Waals surface area (Å²) in [6, 6.07) is 5.95. The number of hydrogen-bond acceptors (Lipinski definition) is 4. The van der Waals surface area contributed by atoms with Crippen LogP contribution < -0.4 is 10.6 Å². The second-order valence-corrected chi connectivity index (χ2v) is 7.07. The topological polar surface area (TPSA) is 42.1 Å². The average Bonchev–Trinajstić information content (AvgIpc) is 2.73. The Hall–Kier alpha value is -0.980. The molecule has 0 radical (unpaired) electrons. The number of thiophene rings is 1. The van der Waals surface area contributed by atoms with Gasteiger partial charge in [0.15, 0.2) is 0 Å². The molecule has 19 heavy (non-hydrogen) atoms. The number of thiocarbonyl (C=S) groups is 1. The Morgan fingerprint density at radius 2 is 2.21 bits per heavy atom. The quantitative estimate of drug-likeness (QED) is 0.852. The van der Waals surface area contributed by atoms with Gasteiger partial charge < -0.3 is 10.6 Å². The van der Waals surface area contributed by atoms with Gasteiger partial charge in [0.05, 0.1) is 3.79 Å². The van der Waals surface area contributed by atoms with Crippen molar-refractivity contribution < 1.29 is 0 Å². The van der Waals surface area contributed by atoms with E-state index in [0.717, 1.165) is 27.4 Å². The van der Waals surface area contributed by atoms with Crippen LogP contribution in [-0.2, 0) is 6.54 Å². The van der Waals surface area contributed by atoms with E-state index in [4.69, 9.17) is 18.0 Å². The Morgan fingerprint density at radius 3 is 2.79 bits per heavy atom. The molecule has 0 atom stereocenters. The van der Waals surface area contributed by atoms with Crippen LogP contribution in [0.3, 0.4) is 0 Å². The minimum absolute atomic E-state index is 0.401. The van der Waals surface area contributed by atoms with Crippen molar-refractivity contribution in [2.45, 2.75) is 13.5 Å². The maximum atomic E-state index is 5.69. The zero-order chi connectivity index (χ0) is 14.0. The molecule has 0 aliphatic rings. The van der Waals surface area contributed by atoms with E-state index >= 15 is 0 Å². The third-order valence-corrected chi connectivity index (χ3v) is 4.45. The van der Waals surface area contributed by atoms with Crippen LogP contribution in [-0.4, -0.2) is 17.0 Å². The number of nitrogens with two attached hydrogens (primary N) is 1. The molecule has 0 saturated heterocycles. The molecule has 0 spiro atoms. The predicted octanol–water partition coefficient (Wildman–Crippen LogP) is 3.48. The Morgan fingerprint density at radius 1 is 1.47 bits per heavy atom. The van der Waals surface area contributed by atoms with Crippen molar-refractivity contribution in [3.05, 3.63) is 44.2 Å². The molecule has 2 heterocycles. The van der Waals surface area contributed by atoms with Gasteiger partial charge in [-0.05, 0) is 52.0 Å². The molecule has 2 rings (SSSR count). The molecule has 0 aliphatic carbocycles. The molecule has 0 saturated carbocycles. The van der Waals surface area contributed by atoms with E-state index in [1.165, 1.54) is 5.56 Å². The summed E-state index contributed by atoms with van der Waals surface area (Å²) in [5, 5.41) is 2.13. The van der Waals surface area contributed by atoms with Gasteiger partial charge in [-0.3, -0.25) is 0 Å². The van der Waals surface area contributed by atoms with Crippen molar-refractivity contribution in [3.63, 3.8) is 0 Å². The summed E-state index contributed by atoms with van der Waals surface area (Å²) in [6.45, 7) is 2.75. The molecule has 2 aromatic rings. The number of anilines is 1. The SMILES string of the molecule is Cc1cc(C(N)=S)cc(N(C)Cc2csc(Br)c2)n1. The normalized spacial score (nSPS) is 10.5. The highest BCUT2D eigenvalue weighted by Gasteiger charge is 2.08. The van der Waals surface area contributed by atoms with Gasteiger partial charge in [-0.25, -0.2) is 4.98 Å². The Labute approximate surface area is 130 Å². The average molecular weight is 356 g/mol. The first kappa shape index (κ1) is 14.4. The van der Waals surface area contributed by atoms with Crippen LogP contribution in [0.25, 0.3) is 0 Å². The highest BCUT2D eigenvalue weighted by Crippen LogP contribution is 2.23. The van der Waals surface area contributed by atoms with E-state index in [2.05, 4.69) is 37.3 Å². The molecule has 0 aromatic carbocycles. The van der Waals surface area contributed by atoms with Gasteiger partial charge in [0.2, 0.25) is 0 Å². The summed E-state index contributed by atoms with van der Waals surface area (Å²) in [7, 11) is 2.01. The van der Waals surface area contributed by atoms with Crippen molar-refractivity contribution in [1.29, 1.82) is 0 Å². The first-order valence-corrected chi connectivity index (χ1v) is 7.76. The number of halogens is 1. The van der Waals surface area contributed by atoms with Crippen LogP contribution in [0, 0.1) is 6.92 Å². The fourth-order valence-corrected chi connectivity index (χ4v) is 3.09. The first-order valence-electron chi connectivity index (χ1n) is 5.68. The minimum Gasteiger partial charge on any atom is -0.389 e. The lowest BCUT2D eigenvalue weighted by atomic mass is 10.2. The Bertz CT molecular complexity index is 610. The zero-order valence-corrected chi connectivity index (χ0v) is 13.9. The van der Waals surface area contributed by atoms with Crippen LogP contribution in [0.2, 0.25) is 0 Å².